The molecule has 0 aliphatic carbocycles. The average molecular weight is 477 g/mol. The number of unbranched alkanes of at least 4 members (excludes halogenated alkanes) is 1. The van der Waals surface area contributed by atoms with Gasteiger partial charge in [0.15, 0.2) is 0 Å². The molecule has 3 aromatic rings. The van der Waals surface area contributed by atoms with Crippen molar-refractivity contribution in [3.8, 4) is 0 Å². The van der Waals surface area contributed by atoms with Gasteiger partial charge in [0.1, 0.15) is 0 Å². The van der Waals surface area contributed by atoms with Gasteiger partial charge in [-0.15, -0.1) is 11.8 Å². The average Bonchev–Trinajstić information content (AvgIpc) is 2.86. The fourth-order valence-corrected chi connectivity index (χ4v) is 6.54. The maximum Gasteiger partial charge on any atom is 0.0912 e. The molecule has 3 aromatic carbocycles. The first-order valence-corrected chi connectivity index (χ1v) is 13.3. The lowest BCUT2D eigenvalue weighted by atomic mass is 9.84. The van der Waals surface area contributed by atoms with Crippen LogP contribution in [0.15, 0.2) is 91.0 Å². The molecule has 3 rings (SSSR count). The Hall–Kier alpha value is -2.11. The van der Waals surface area contributed by atoms with E-state index in [1.165, 1.54) is 16.7 Å². The first kappa shape index (κ1) is 26.5. The fourth-order valence-electron chi connectivity index (χ4n) is 4.68. The summed E-state index contributed by atoms with van der Waals surface area (Å²) in [6, 6.07) is 32.3. The van der Waals surface area contributed by atoms with E-state index in [4.69, 9.17) is 5.73 Å². The largest absolute Gasteiger partial charge is 0.393 e. The highest BCUT2D eigenvalue weighted by atomic mass is 32.2. The van der Waals surface area contributed by atoms with Crippen LogP contribution in [0.5, 0.6) is 0 Å². The number of benzene rings is 3. The molecular formula is C30H40N2OS. The Morgan fingerprint density at radius 2 is 1.24 bits per heavy atom. The van der Waals surface area contributed by atoms with Crippen molar-refractivity contribution in [2.24, 2.45) is 5.73 Å². The molecule has 1 unspecified atom stereocenters. The maximum absolute atomic E-state index is 10.9. The highest BCUT2D eigenvalue weighted by molar-refractivity contribution is 8.01. The lowest BCUT2D eigenvalue weighted by molar-refractivity contribution is 0.141. The van der Waals surface area contributed by atoms with E-state index >= 15 is 0 Å². The topological polar surface area (TPSA) is 58.3 Å². The molecule has 0 amide bonds. The van der Waals surface area contributed by atoms with E-state index in [9.17, 15) is 5.11 Å². The summed E-state index contributed by atoms with van der Waals surface area (Å²) < 4.78 is -0.530. The van der Waals surface area contributed by atoms with Crippen LogP contribution in [0.2, 0.25) is 0 Å². The van der Waals surface area contributed by atoms with Crippen molar-refractivity contribution in [2.45, 2.75) is 55.1 Å². The number of nitrogens with two attached hydrogens (primary N) is 1. The predicted octanol–water partition coefficient (Wildman–Crippen LogP) is 5.96. The Morgan fingerprint density at radius 3 is 1.68 bits per heavy atom. The number of rotatable bonds is 14. The SMILES string of the molecule is CC(C)(CC(O)CCCCNCCN)SC(c1ccccc1)(c1ccccc1)c1ccccc1. The molecule has 0 fully saturated rings. The van der Waals surface area contributed by atoms with Crippen LogP contribution in [0.1, 0.15) is 56.2 Å². The van der Waals surface area contributed by atoms with Crippen molar-refractivity contribution in [3.05, 3.63) is 108 Å². The Balaban J connectivity index is 1.87. The first-order valence-electron chi connectivity index (χ1n) is 12.4. The van der Waals surface area contributed by atoms with Crippen LogP contribution >= 0.6 is 11.8 Å². The van der Waals surface area contributed by atoms with E-state index in [1.807, 2.05) is 11.8 Å². The third kappa shape index (κ3) is 7.19. The summed E-state index contributed by atoms with van der Waals surface area (Å²) in [5.74, 6) is 0. The summed E-state index contributed by atoms with van der Waals surface area (Å²) in [5, 5.41) is 14.3. The summed E-state index contributed by atoms with van der Waals surface area (Å²) in [6.45, 7) is 7.02. The number of thioether (sulfide) groups is 1. The molecule has 4 heteroatoms. The van der Waals surface area contributed by atoms with E-state index in [-0.39, 0.29) is 15.6 Å². The maximum atomic E-state index is 10.9. The Kier molecular flexibility index (Phi) is 10.2. The molecule has 0 aliphatic rings. The monoisotopic (exact) mass is 476 g/mol. The second kappa shape index (κ2) is 13.1. The smallest absolute Gasteiger partial charge is 0.0912 e. The van der Waals surface area contributed by atoms with E-state index in [1.54, 1.807) is 0 Å². The molecule has 0 saturated carbocycles. The number of hydrogen-bond acceptors (Lipinski definition) is 4. The van der Waals surface area contributed by atoms with Gasteiger partial charge in [-0.25, -0.2) is 0 Å². The van der Waals surface area contributed by atoms with Crippen LogP contribution in [0, 0.1) is 0 Å². The lowest BCUT2D eigenvalue weighted by Crippen LogP contribution is -2.34. The molecule has 34 heavy (non-hydrogen) atoms. The third-order valence-corrected chi connectivity index (χ3v) is 7.89. The van der Waals surface area contributed by atoms with Crippen LogP contribution in [-0.2, 0) is 4.75 Å². The molecule has 0 saturated heterocycles. The van der Waals surface area contributed by atoms with Crippen LogP contribution in [0.3, 0.4) is 0 Å². The highest BCUT2D eigenvalue weighted by Gasteiger charge is 2.42. The third-order valence-electron chi connectivity index (χ3n) is 6.16. The molecule has 0 aliphatic heterocycles. The zero-order valence-electron chi connectivity index (χ0n) is 20.6. The van der Waals surface area contributed by atoms with Gasteiger partial charge in [-0.1, -0.05) is 105 Å². The molecule has 1 atom stereocenters. The number of aliphatic hydroxyl groups excluding tert-OH is 1. The zero-order valence-corrected chi connectivity index (χ0v) is 21.4. The predicted molar refractivity (Wildman–Crippen MR) is 147 cm³/mol. The summed E-state index contributed by atoms with van der Waals surface area (Å²) in [7, 11) is 0. The second-order valence-corrected chi connectivity index (χ2v) is 11.5. The molecule has 4 N–H and O–H groups in total. The van der Waals surface area contributed by atoms with Crippen LogP contribution < -0.4 is 11.1 Å². The summed E-state index contributed by atoms with van der Waals surface area (Å²) in [6.07, 6.45) is 3.32. The van der Waals surface area contributed by atoms with Crippen LogP contribution in [0.4, 0.5) is 0 Å². The minimum absolute atomic E-state index is 0.154. The molecule has 0 heterocycles. The minimum atomic E-state index is -0.376. The van der Waals surface area contributed by atoms with Crippen molar-refractivity contribution < 1.29 is 5.11 Å². The second-order valence-electron chi connectivity index (χ2n) is 9.53. The van der Waals surface area contributed by atoms with E-state index in [2.05, 4.69) is 110 Å². The van der Waals surface area contributed by atoms with Crippen molar-refractivity contribution in [1.82, 2.24) is 5.32 Å². The van der Waals surface area contributed by atoms with Crippen molar-refractivity contribution in [1.29, 1.82) is 0 Å². The Morgan fingerprint density at radius 1 is 0.765 bits per heavy atom. The van der Waals surface area contributed by atoms with Crippen molar-refractivity contribution in [2.75, 3.05) is 19.6 Å². The van der Waals surface area contributed by atoms with Gasteiger partial charge in [0, 0.05) is 17.8 Å². The van der Waals surface area contributed by atoms with Crippen molar-refractivity contribution in [3.63, 3.8) is 0 Å². The summed E-state index contributed by atoms with van der Waals surface area (Å²) in [5.41, 5.74) is 9.30. The molecule has 0 radical (unpaired) electrons. The van der Waals surface area contributed by atoms with Gasteiger partial charge in [0.05, 0.1) is 10.9 Å². The van der Waals surface area contributed by atoms with Crippen LogP contribution in [-0.4, -0.2) is 35.6 Å². The Labute approximate surface area is 210 Å². The standard InChI is InChI=1S/C30H40N2OS/c1-29(2,24-28(33)20-12-13-22-32-23-21-31)34-30(25-14-6-3-7-15-25,26-16-8-4-9-17-26)27-18-10-5-11-19-27/h3-11,14-19,28,32-33H,12-13,20-24,31H2,1-2H3. The number of aliphatic hydroxyl groups is 1. The van der Waals surface area contributed by atoms with Gasteiger partial charge >= 0.3 is 0 Å². The fraction of sp³-hybridized carbons (Fsp3) is 0.400. The molecule has 0 aromatic heterocycles. The molecule has 0 bridgehead atoms. The van der Waals surface area contributed by atoms with E-state index in [0.29, 0.717) is 6.54 Å². The Bertz CT molecular complexity index is 851. The number of hydrogen-bond donors (Lipinski definition) is 3. The molecule has 0 spiro atoms. The quantitative estimate of drug-likeness (QED) is 0.198. The normalized spacial score (nSPS) is 13.1. The van der Waals surface area contributed by atoms with Crippen LogP contribution in [0.25, 0.3) is 0 Å². The molecule has 182 valence electrons. The number of nitrogens with one attached hydrogen (secondary N) is 1. The van der Waals surface area contributed by atoms with Gasteiger partial charge in [0.25, 0.3) is 0 Å². The van der Waals surface area contributed by atoms with E-state index < -0.39 is 0 Å². The lowest BCUT2D eigenvalue weighted by Gasteiger charge is -2.42. The van der Waals surface area contributed by atoms with Gasteiger partial charge in [-0.2, -0.15) is 0 Å². The summed E-state index contributed by atoms with van der Waals surface area (Å²) in [4.78, 5) is 0. The summed E-state index contributed by atoms with van der Waals surface area (Å²) >= 11 is 1.95. The van der Waals surface area contributed by atoms with E-state index in [0.717, 1.165) is 38.8 Å². The minimum Gasteiger partial charge on any atom is -0.393 e. The highest BCUT2D eigenvalue weighted by Crippen LogP contribution is 2.54. The zero-order chi connectivity index (χ0) is 24.3. The van der Waals surface area contributed by atoms with Gasteiger partial charge in [-0.05, 0) is 48.9 Å². The van der Waals surface area contributed by atoms with Gasteiger partial charge in [0.2, 0.25) is 0 Å². The van der Waals surface area contributed by atoms with Gasteiger partial charge < -0.3 is 16.2 Å². The van der Waals surface area contributed by atoms with Crippen molar-refractivity contribution >= 4 is 11.8 Å². The first-order chi connectivity index (χ1) is 16.5. The van der Waals surface area contributed by atoms with Gasteiger partial charge in [-0.3, -0.25) is 0 Å². The molecule has 3 nitrogen and oxygen atoms in total. The molecular weight excluding hydrogens is 436 g/mol.